The van der Waals surface area contributed by atoms with Gasteiger partial charge in [0.15, 0.2) is 0 Å². The van der Waals surface area contributed by atoms with Gasteiger partial charge in [0.2, 0.25) is 0 Å². The number of benzene rings is 2. The normalized spacial score (nSPS) is 10.7. The van der Waals surface area contributed by atoms with Crippen molar-refractivity contribution in [2.75, 3.05) is 5.32 Å². The van der Waals surface area contributed by atoms with Crippen molar-refractivity contribution in [1.82, 2.24) is 15.0 Å². The average Bonchev–Trinajstić information content (AvgIpc) is 2.82. The molecule has 2 aromatic carbocycles. The molecule has 20 heavy (non-hydrogen) atoms. The highest BCUT2D eigenvalue weighted by Gasteiger charge is 2.10. The van der Waals surface area contributed by atoms with Crippen LogP contribution in [0.1, 0.15) is 10.4 Å². The molecule has 5 nitrogen and oxygen atoms in total. The molecule has 0 bridgehead atoms. The predicted molar refractivity (Wildman–Crippen MR) is 77.9 cm³/mol. The van der Waals surface area contributed by atoms with Gasteiger partial charge < -0.3 is 5.32 Å². The van der Waals surface area contributed by atoms with Crippen molar-refractivity contribution in [1.29, 1.82) is 0 Å². The molecular formula is C14H11ClN4O. The lowest BCUT2D eigenvalue weighted by Crippen LogP contribution is -2.12. The van der Waals surface area contributed by atoms with Crippen LogP contribution in [0.2, 0.25) is 5.02 Å². The summed E-state index contributed by atoms with van der Waals surface area (Å²) in [6.07, 6.45) is 0. The van der Waals surface area contributed by atoms with Gasteiger partial charge in [-0.15, -0.1) is 5.10 Å². The van der Waals surface area contributed by atoms with Gasteiger partial charge >= 0.3 is 0 Å². The van der Waals surface area contributed by atoms with E-state index in [1.807, 2.05) is 18.2 Å². The summed E-state index contributed by atoms with van der Waals surface area (Å²) >= 11 is 6.01. The van der Waals surface area contributed by atoms with E-state index >= 15 is 0 Å². The lowest BCUT2D eigenvalue weighted by molar-refractivity contribution is 0.102. The number of anilines is 1. The molecule has 6 heteroatoms. The molecular weight excluding hydrogens is 276 g/mol. The van der Waals surface area contributed by atoms with Gasteiger partial charge in [-0.05, 0) is 30.3 Å². The van der Waals surface area contributed by atoms with Gasteiger partial charge in [-0.3, -0.25) is 4.79 Å². The maximum atomic E-state index is 12.2. The minimum atomic E-state index is -0.231. The zero-order valence-electron chi connectivity index (χ0n) is 10.7. The van der Waals surface area contributed by atoms with Crippen LogP contribution < -0.4 is 5.32 Å². The number of carbonyl (C=O) groups is 1. The smallest absolute Gasteiger partial charge is 0.255 e. The number of carbonyl (C=O) groups excluding carboxylic acids is 1. The second kappa shape index (κ2) is 4.94. The zero-order chi connectivity index (χ0) is 14.1. The Labute approximate surface area is 120 Å². The number of amides is 1. The lowest BCUT2D eigenvalue weighted by atomic mass is 10.2. The van der Waals surface area contributed by atoms with E-state index in [2.05, 4.69) is 15.6 Å². The topological polar surface area (TPSA) is 59.8 Å². The van der Waals surface area contributed by atoms with E-state index in [-0.39, 0.29) is 5.91 Å². The number of nitrogens with zero attached hydrogens (tertiary/aromatic N) is 3. The van der Waals surface area contributed by atoms with Crippen molar-refractivity contribution in [2.45, 2.75) is 0 Å². The molecule has 0 fully saturated rings. The van der Waals surface area contributed by atoms with Gasteiger partial charge in [0.1, 0.15) is 5.52 Å². The van der Waals surface area contributed by atoms with Crippen molar-refractivity contribution in [3.8, 4) is 0 Å². The maximum Gasteiger partial charge on any atom is 0.255 e. The minimum absolute atomic E-state index is 0.231. The molecule has 0 saturated carbocycles. The van der Waals surface area contributed by atoms with E-state index in [4.69, 9.17) is 11.6 Å². The van der Waals surface area contributed by atoms with Crippen LogP contribution in [0.5, 0.6) is 0 Å². The molecule has 0 aliphatic carbocycles. The van der Waals surface area contributed by atoms with Crippen LogP contribution >= 0.6 is 11.6 Å². The molecule has 1 heterocycles. The summed E-state index contributed by atoms with van der Waals surface area (Å²) in [7, 11) is 1.80. The monoisotopic (exact) mass is 286 g/mol. The van der Waals surface area contributed by atoms with E-state index in [1.54, 1.807) is 36.0 Å². The van der Waals surface area contributed by atoms with E-state index in [0.29, 0.717) is 21.8 Å². The lowest BCUT2D eigenvalue weighted by Gasteiger charge is -2.06. The molecule has 0 aliphatic heterocycles. The summed E-state index contributed by atoms with van der Waals surface area (Å²) in [5.74, 6) is -0.231. The van der Waals surface area contributed by atoms with Gasteiger partial charge in [-0.25, -0.2) is 4.68 Å². The SMILES string of the molecule is Cn1nnc2cc(C(=O)Nc3ccccc3Cl)ccc21. The Balaban J connectivity index is 1.91. The highest BCUT2D eigenvalue weighted by Crippen LogP contribution is 2.21. The van der Waals surface area contributed by atoms with Crippen molar-refractivity contribution < 1.29 is 4.79 Å². The molecule has 100 valence electrons. The van der Waals surface area contributed by atoms with Crippen molar-refractivity contribution in [3.63, 3.8) is 0 Å². The molecule has 1 N–H and O–H groups in total. The third kappa shape index (κ3) is 2.23. The quantitative estimate of drug-likeness (QED) is 0.788. The Morgan fingerprint density at radius 2 is 2.05 bits per heavy atom. The van der Waals surface area contributed by atoms with Crippen LogP contribution in [-0.4, -0.2) is 20.9 Å². The summed E-state index contributed by atoms with van der Waals surface area (Å²) < 4.78 is 1.66. The molecule has 3 rings (SSSR count). The fraction of sp³-hybridized carbons (Fsp3) is 0.0714. The van der Waals surface area contributed by atoms with Crippen LogP contribution in [0.4, 0.5) is 5.69 Å². The number of halogens is 1. The maximum absolute atomic E-state index is 12.2. The second-order valence-electron chi connectivity index (χ2n) is 4.35. The Bertz CT molecular complexity index is 797. The second-order valence-corrected chi connectivity index (χ2v) is 4.76. The summed E-state index contributed by atoms with van der Waals surface area (Å²) in [5.41, 5.74) is 2.65. The van der Waals surface area contributed by atoms with Gasteiger partial charge in [-0.2, -0.15) is 0 Å². The number of hydrogen-bond donors (Lipinski definition) is 1. The molecule has 0 aliphatic rings. The first-order valence-electron chi connectivity index (χ1n) is 6.00. The molecule has 0 radical (unpaired) electrons. The van der Waals surface area contributed by atoms with Crippen LogP contribution in [0, 0.1) is 0 Å². The summed E-state index contributed by atoms with van der Waals surface area (Å²) in [5, 5.41) is 11.2. The number of rotatable bonds is 2. The Morgan fingerprint density at radius 3 is 2.85 bits per heavy atom. The average molecular weight is 287 g/mol. The van der Waals surface area contributed by atoms with E-state index in [0.717, 1.165) is 5.52 Å². The number of aryl methyl sites for hydroxylation is 1. The zero-order valence-corrected chi connectivity index (χ0v) is 11.4. The third-order valence-electron chi connectivity index (χ3n) is 2.99. The summed E-state index contributed by atoms with van der Waals surface area (Å²) in [4.78, 5) is 12.2. The van der Waals surface area contributed by atoms with Crippen molar-refractivity contribution >= 4 is 34.2 Å². The number of fused-ring (bicyclic) bond motifs is 1. The minimum Gasteiger partial charge on any atom is -0.321 e. The fourth-order valence-corrected chi connectivity index (χ4v) is 2.12. The predicted octanol–water partition coefficient (Wildman–Crippen LogP) is 2.87. The number of para-hydroxylation sites is 1. The third-order valence-corrected chi connectivity index (χ3v) is 3.32. The first-order chi connectivity index (χ1) is 9.65. The molecule has 0 saturated heterocycles. The number of hydrogen-bond acceptors (Lipinski definition) is 3. The first-order valence-corrected chi connectivity index (χ1v) is 6.38. The van der Waals surface area contributed by atoms with Crippen LogP contribution in [0.25, 0.3) is 11.0 Å². The van der Waals surface area contributed by atoms with Crippen LogP contribution in [-0.2, 0) is 7.05 Å². The Hall–Kier alpha value is -2.40. The van der Waals surface area contributed by atoms with Gasteiger partial charge in [0.25, 0.3) is 5.91 Å². The standard InChI is InChI=1S/C14H11ClN4O/c1-19-13-7-6-9(8-12(13)17-18-19)14(20)16-11-5-3-2-4-10(11)15/h2-8H,1H3,(H,16,20). The van der Waals surface area contributed by atoms with Crippen LogP contribution in [0.3, 0.4) is 0 Å². The van der Waals surface area contributed by atoms with Gasteiger partial charge in [-0.1, -0.05) is 28.9 Å². The Kier molecular flexibility index (Phi) is 3.12. The molecule has 3 aromatic rings. The van der Waals surface area contributed by atoms with Gasteiger partial charge in [0, 0.05) is 12.6 Å². The summed E-state index contributed by atoms with van der Waals surface area (Å²) in [6, 6.07) is 12.4. The molecule has 0 spiro atoms. The van der Waals surface area contributed by atoms with Crippen molar-refractivity contribution in [3.05, 3.63) is 53.1 Å². The van der Waals surface area contributed by atoms with Crippen LogP contribution in [0.15, 0.2) is 42.5 Å². The highest BCUT2D eigenvalue weighted by atomic mass is 35.5. The Morgan fingerprint density at radius 1 is 1.25 bits per heavy atom. The van der Waals surface area contributed by atoms with E-state index in [1.165, 1.54) is 0 Å². The van der Waals surface area contributed by atoms with Crippen molar-refractivity contribution in [2.24, 2.45) is 7.05 Å². The molecule has 1 amide bonds. The fourth-order valence-electron chi connectivity index (χ4n) is 1.94. The van der Waals surface area contributed by atoms with E-state index < -0.39 is 0 Å². The van der Waals surface area contributed by atoms with E-state index in [9.17, 15) is 4.79 Å². The number of nitrogens with one attached hydrogen (secondary N) is 1. The molecule has 1 aromatic heterocycles. The largest absolute Gasteiger partial charge is 0.321 e. The summed E-state index contributed by atoms with van der Waals surface area (Å²) in [6.45, 7) is 0. The first kappa shape index (κ1) is 12.6. The molecule has 0 atom stereocenters. The molecule has 0 unspecified atom stereocenters. The van der Waals surface area contributed by atoms with Gasteiger partial charge in [0.05, 0.1) is 16.2 Å². The highest BCUT2D eigenvalue weighted by molar-refractivity contribution is 6.33. The number of aromatic nitrogens is 3.